The van der Waals surface area contributed by atoms with E-state index in [1.807, 2.05) is 0 Å². The molecule has 0 saturated heterocycles. The van der Waals surface area contributed by atoms with Gasteiger partial charge in [-0.05, 0) is 25.0 Å². The van der Waals surface area contributed by atoms with Gasteiger partial charge in [0.05, 0.1) is 18.4 Å². The van der Waals surface area contributed by atoms with E-state index in [9.17, 15) is 9.59 Å². The van der Waals surface area contributed by atoms with Crippen LogP contribution in [0.15, 0.2) is 18.2 Å². The van der Waals surface area contributed by atoms with E-state index >= 15 is 0 Å². The average molecular weight is 277 g/mol. The molecule has 1 aromatic carbocycles. The lowest BCUT2D eigenvalue weighted by Gasteiger charge is -2.11. The topological polar surface area (TPSA) is 93.4 Å². The van der Waals surface area contributed by atoms with Crippen LogP contribution in [0.4, 0.5) is 5.69 Å². The van der Waals surface area contributed by atoms with Crippen LogP contribution in [0.1, 0.15) is 29.6 Å². The zero-order valence-electron chi connectivity index (χ0n) is 11.4. The molecule has 0 atom stereocenters. The van der Waals surface area contributed by atoms with Gasteiger partial charge in [0.2, 0.25) is 5.91 Å². The van der Waals surface area contributed by atoms with Crippen molar-refractivity contribution in [3.8, 4) is 5.75 Å². The summed E-state index contributed by atoms with van der Waals surface area (Å²) in [6.45, 7) is 0.287. The lowest BCUT2D eigenvalue weighted by atomic mass is 10.1. The van der Waals surface area contributed by atoms with E-state index in [1.165, 1.54) is 7.11 Å². The molecule has 0 aliphatic heterocycles. The highest BCUT2D eigenvalue weighted by Gasteiger charge is 2.23. The maximum Gasteiger partial charge on any atom is 0.255 e. The molecule has 0 spiro atoms. The van der Waals surface area contributed by atoms with Gasteiger partial charge < -0.3 is 21.1 Å². The first kappa shape index (κ1) is 14.2. The molecule has 0 bridgehead atoms. The highest BCUT2D eigenvalue weighted by atomic mass is 16.5. The van der Waals surface area contributed by atoms with Crippen LogP contribution in [-0.2, 0) is 4.79 Å². The van der Waals surface area contributed by atoms with E-state index in [1.54, 1.807) is 18.2 Å². The average Bonchev–Trinajstić information content (AvgIpc) is 3.22. The van der Waals surface area contributed by atoms with Crippen LogP contribution in [0.5, 0.6) is 5.75 Å². The number of carbonyl (C=O) groups is 2. The molecule has 2 rings (SSSR count). The first-order valence-corrected chi connectivity index (χ1v) is 6.62. The van der Waals surface area contributed by atoms with Gasteiger partial charge >= 0.3 is 0 Å². The number of hydrogen-bond acceptors (Lipinski definition) is 4. The molecule has 1 saturated carbocycles. The molecule has 0 radical (unpaired) electrons. The number of nitrogen functional groups attached to an aromatic ring is 1. The van der Waals surface area contributed by atoms with E-state index in [0.29, 0.717) is 23.0 Å². The molecule has 20 heavy (non-hydrogen) atoms. The van der Waals surface area contributed by atoms with Crippen molar-refractivity contribution in [1.82, 2.24) is 10.6 Å². The number of ether oxygens (including phenoxy) is 1. The maximum absolute atomic E-state index is 12.0. The van der Waals surface area contributed by atoms with Crippen molar-refractivity contribution in [1.29, 1.82) is 0 Å². The summed E-state index contributed by atoms with van der Waals surface area (Å²) in [7, 11) is 1.46. The van der Waals surface area contributed by atoms with Crippen molar-refractivity contribution < 1.29 is 14.3 Å². The standard InChI is InChI=1S/C14H19N3O3/c1-20-13-10(3-2-4-11(13)15)14(19)16-8-7-12(18)17-9-5-6-9/h2-4,9H,5-8,15H2,1H3,(H,16,19)(H,17,18). The van der Waals surface area contributed by atoms with E-state index in [0.717, 1.165) is 12.8 Å². The van der Waals surface area contributed by atoms with Crippen LogP contribution >= 0.6 is 0 Å². The van der Waals surface area contributed by atoms with Gasteiger partial charge in [0, 0.05) is 19.0 Å². The molecule has 0 unspecified atom stereocenters. The molecule has 1 aliphatic carbocycles. The van der Waals surface area contributed by atoms with Crippen LogP contribution in [-0.4, -0.2) is 31.5 Å². The number of nitrogens with one attached hydrogen (secondary N) is 2. The molecular weight excluding hydrogens is 258 g/mol. The number of methoxy groups -OCH3 is 1. The second kappa shape index (κ2) is 6.27. The lowest BCUT2D eigenvalue weighted by Crippen LogP contribution is -2.31. The number of benzene rings is 1. The molecule has 1 fully saturated rings. The van der Waals surface area contributed by atoms with Crippen molar-refractivity contribution in [2.75, 3.05) is 19.4 Å². The Balaban J connectivity index is 1.85. The molecule has 2 amide bonds. The summed E-state index contributed by atoms with van der Waals surface area (Å²) < 4.78 is 5.12. The predicted octanol–water partition coefficient (Wildman–Crippen LogP) is 0.676. The molecule has 6 nitrogen and oxygen atoms in total. The fourth-order valence-corrected chi connectivity index (χ4v) is 1.87. The van der Waals surface area contributed by atoms with Gasteiger partial charge in [-0.3, -0.25) is 9.59 Å². The molecule has 4 N–H and O–H groups in total. The van der Waals surface area contributed by atoms with Gasteiger partial charge in [0.1, 0.15) is 0 Å². The van der Waals surface area contributed by atoms with E-state index in [-0.39, 0.29) is 24.8 Å². The van der Waals surface area contributed by atoms with Gasteiger partial charge in [0.25, 0.3) is 5.91 Å². The number of amides is 2. The number of para-hydroxylation sites is 1. The summed E-state index contributed by atoms with van der Waals surface area (Å²) >= 11 is 0. The zero-order chi connectivity index (χ0) is 14.5. The summed E-state index contributed by atoms with van der Waals surface area (Å²) in [6, 6.07) is 5.33. The van der Waals surface area contributed by atoms with Gasteiger partial charge in [-0.1, -0.05) is 6.07 Å². The highest BCUT2D eigenvalue weighted by Crippen LogP contribution is 2.25. The van der Waals surface area contributed by atoms with Crippen molar-refractivity contribution in [2.24, 2.45) is 0 Å². The smallest absolute Gasteiger partial charge is 0.255 e. The number of carbonyl (C=O) groups excluding carboxylic acids is 2. The molecular formula is C14H19N3O3. The Morgan fingerprint density at radius 2 is 2.15 bits per heavy atom. The van der Waals surface area contributed by atoms with E-state index < -0.39 is 0 Å². The normalized spacial score (nSPS) is 13.7. The van der Waals surface area contributed by atoms with Crippen LogP contribution in [0, 0.1) is 0 Å². The third kappa shape index (κ3) is 3.63. The lowest BCUT2D eigenvalue weighted by molar-refractivity contribution is -0.121. The van der Waals surface area contributed by atoms with Crippen molar-refractivity contribution in [2.45, 2.75) is 25.3 Å². The molecule has 1 aliphatic rings. The molecule has 1 aromatic rings. The van der Waals surface area contributed by atoms with Crippen molar-refractivity contribution in [3.05, 3.63) is 23.8 Å². The quantitative estimate of drug-likeness (QED) is 0.666. The van der Waals surface area contributed by atoms with Crippen LogP contribution < -0.4 is 21.1 Å². The van der Waals surface area contributed by atoms with Gasteiger partial charge in [-0.25, -0.2) is 0 Å². The Morgan fingerprint density at radius 1 is 1.40 bits per heavy atom. The number of nitrogens with two attached hydrogens (primary N) is 1. The second-order valence-electron chi connectivity index (χ2n) is 4.78. The molecule has 6 heteroatoms. The second-order valence-corrected chi connectivity index (χ2v) is 4.78. The summed E-state index contributed by atoms with van der Waals surface area (Å²) in [6.07, 6.45) is 2.38. The molecule has 108 valence electrons. The van der Waals surface area contributed by atoms with Gasteiger partial charge in [-0.2, -0.15) is 0 Å². The van der Waals surface area contributed by atoms with Crippen LogP contribution in [0.25, 0.3) is 0 Å². The summed E-state index contributed by atoms with van der Waals surface area (Å²) in [4.78, 5) is 23.5. The first-order chi connectivity index (χ1) is 9.61. The fraction of sp³-hybridized carbons (Fsp3) is 0.429. The minimum Gasteiger partial charge on any atom is -0.494 e. The largest absolute Gasteiger partial charge is 0.494 e. The van der Waals surface area contributed by atoms with Crippen molar-refractivity contribution >= 4 is 17.5 Å². The molecule has 0 heterocycles. The Labute approximate surface area is 117 Å². The van der Waals surface area contributed by atoms with Gasteiger partial charge in [-0.15, -0.1) is 0 Å². The van der Waals surface area contributed by atoms with E-state index in [2.05, 4.69) is 10.6 Å². The Hall–Kier alpha value is -2.24. The van der Waals surface area contributed by atoms with Crippen LogP contribution in [0.3, 0.4) is 0 Å². The maximum atomic E-state index is 12.0. The third-order valence-corrected chi connectivity index (χ3v) is 3.07. The van der Waals surface area contributed by atoms with Crippen LogP contribution in [0.2, 0.25) is 0 Å². The fourth-order valence-electron chi connectivity index (χ4n) is 1.87. The number of rotatable bonds is 6. The summed E-state index contributed by atoms with van der Waals surface area (Å²) in [5.74, 6) is 0.0214. The summed E-state index contributed by atoms with van der Waals surface area (Å²) in [5.41, 5.74) is 6.52. The Kier molecular flexibility index (Phi) is 4.45. The third-order valence-electron chi connectivity index (χ3n) is 3.07. The minimum atomic E-state index is -0.298. The highest BCUT2D eigenvalue weighted by molar-refractivity contribution is 5.98. The number of hydrogen-bond donors (Lipinski definition) is 3. The van der Waals surface area contributed by atoms with Crippen molar-refractivity contribution in [3.63, 3.8) is 0 Å². The van der Waals surface area contributed by atoms with E-state index in [4.69, 9.17) is 10.5 Å². The zero-order valence-corrected chi connectivity index (χ0v) is 11.4. The Morgan fingerprint density at radius 3 is 2.80 bits per heavy atom. The summed E-state index contributed by atoms with van der Waals surface area (Å²) in [5, 5.41) is 5.55. The first-order valence-electron chi connectivity index (χ1n) is 6.62. The predicted molar refractivity (Wildman–Crippen MR) is 75.5 cm³/mol. The minimum absolute atomic E-state index is 0.0349. The SMILES string of the molecule is COc1c(N)cccc1C(=O)NCCC(=O)NC1CC1. The van der Waals surface area contributed by atoms with Gasteiger partial charge in [0.15, 0.2) is 5.75 Å². The molecule has 0 aromatic heterocycles. The monoisotopic (exact) mass is 277 g/mol. The number of anilines is 1. The Bertz CT molecular complexity index is 512.